The third-order valence-electron chi connectivity index (χ3n) is 4.09. The van der Waals surface area contributed by atoms with E-state index in [1.54, 1.807) is 0 Å². The van der Waals surface area contributed by atoms with Crippen LogP contribution in [0.25, 0.3) is 0 Å². The summed E-state index contributed by atoms with van der Waals surface area (Å²) in [7, 11) is 0. The first kappa shape index (κ1) is 19.9. The Hall–Kier alpha value is -0.120. The van der Waals surface area contributed by atoms with Crippen molar-refractivity contribution in [1.29, 1.82) is 0 Å². The maximum atomic E-state index is 5.88. The Morgan fingerprint density at radius 1 is 1.00 bits per heavy atom. The number of ether oxygens (including phenoxy) is 2. The first-order chi connectivity index (χ1) is 10.2. The predicted molar refractivity (Wildman–Crippen MR) is 94.4 cm³/mol. The highest BCUT2D eigenvalue weighted by molar-refractivity contribution is 4.75. The van der Waals surface area contributed by atoms with Crippen molar-refractivity contribution < 1.29 is 9.47 Å². The van der Waals surface area contributed by atoms with Crippen molar-refractivity contribution in [2.45, 2.75) is 72.8 Å². The smallest absolute Gasteiger partial charge is 0.0598 e. The van der Waals surface area contributed by atoms with E-state index < -0.39 is 0 Å². The molecule has 1 aliphatic heterocycles. The molecular formula is C19H39NO2. The van der Waals surface area contributed by atoms with Crippen LogP contribution in [0.4, 0.5) is 0 Å². The summed E-state index contributed by atoms with van der Waals surface area (Å²) in [5.41, 5.74) is 0.428. The van der Waals surface area contributed by atoms with Crippen molar-refractivity contribution in [1.82, 2.24) is 4.90 Å². The van der Waals surface area contributed by atoms with Gasteiger partial charge in [0, 0.05) is 26.3 Å². The molecule has 1 heterocycles. The summed E-state index contributed by atoms with van der Waals surface area (Å²) < 4.78 is 11.7. The zero-order chi connectivity index (χ0) is 16.6. The highest BCUT2D eigenvalue weighted by atomic mass is 16.5. The van der Waals surface area contributed by atoms with Gasteiger partial charge in [0.2, 0.25) is 0 Å². The molecule has 132 valence electrons. The maximum Gasteiger partial charge on any atom is 0.0598 e. The Labute approximate surface area is 138 Å². The number of hydrogen-bond donors (Lipinski definition) is 0. The third kappa shape index (κ3) is 10.6. The van der Waals surface area contributed by atoms with Crippen molar-refractivity contribution in [3.63, 3.8) is 0 Å². The zero-order valence-electron chi connectivity index (χ0n) is 15.9. The monoisotopic (exact) mass is 313 g/mol. The van der Waals surface area contributed by atoms with Crippen LogP contribution in [0.15, 0.2) is 0 Å². The second-order valence-electron chi connectivity index (χ2n) is 9.01. The van der Waals surface area contributed by atoms with Gasteiger partial charge >= 0.3 is 0 Å². The van der Waals surface area contributed by atoms with Crippen molar-refractivity contribution in [2.75, 3.05) is 39.5 Å². The van der Waals surface area contributed by atoms with Gasteiger partial charge in [-0.25, -0.2) is 0 Å². The fourth-order valence-electron chi connectivity index (χ4n) is 2.87. The molecule has 0 aromatic heterocycles. The lowest BCUT2D eigenvalue weighted by Crippen LogP contribution is -2.26. The van der Waals surface area contributed by atoms with Gasteiger partial charge in [-0.3, -0.25) is 0 Å². The van der Waals surface area contributed by atoms with Gasteiger partial charge in [-0.05, 0) is 64.3 Å². The largest absolute Gasteiger partial charge is 0.381 e. The number of likely N-dealkylation sites (tertiary alicyclic amines) is 1. The molecule has 0 aliphatic carbocycles. The van der Waals surface area contributed by atoms with Gasteiger partial charge in [-0.15, -0.1) is 0 Å². The van der Waals surface area contributed by atoms with Crippen LogP contribution in [0.3, 0.4) is 0 Å². The molecule has 0 N–H and O–H groups in total. The molecule has 22 heavy (non-hydrogen) atoms. The molecule has 1 unspecified atom stereocenters. The van der Waals surface area contributed by atoms with Crippen LogP contribution in [0.1, 0.15) is 67.2 Å². The van der Waals surface area contributed by atoms with Gasteiger partial charge in [-0.1, -0.05) is 20.8 Å². The zero-order valence-corrected chi connectivity index (χ0v) is 15.9. The normalized spacial score (nSPS) is 20.7. The van der Waals surface area contributed by atoms with E-state index >= 15 is 0 Å². The quantitative estimate of drug-likeness (QED) is 0.590. The van der Waals surface area contributed by atoms with Crippen LogP contribution in [-0.2, 0) is 9.47 Å². The molecule has 0 aromatic rings. The summed E-state index contributed by atoms with van der Waals surface area (Å²) in [4.78, 5) is 2.56. The van der Waals surface area contributed by atoms with E-state index in [1.807, 2.05) is 0 Å². The second kappa shape index (κ2) is 9.24. The Kier molecular flexibility index (Phi) is 8.37. The Bertz CT molecular complexity index is 291. The molecule has 3 heteroatoms. The molecule has 1 fully saturated rings. The predicted octanol–water partition coefficient (Wildman–Crippen LogP) is 4.36. The molecule has 0 radical (unpaired) electrons. The van der Waals surface area contributed by atoms with Gasteiger partial charge in [0.05, 0.1) is 12.2 Å². The molecule has 1 aliphatic rings. The van der Waals surface area contributed by atoms with Gasteiger partial charge in [0.25, 0.3) is 0 Å². The molecule has 1 atom stereocenters. The van der Waals surface area contributed by atoms with Gasteiger partial charge < -0.3 is 14.4 Å². The molecule has 3 nitrogen and oxygen atoms in total. The molecule has 1 saturated heterocycles. The highest BCUT2D eigenvalue weighted by Gasteiger charge is 2.22. The number of nitrogens with zero attached hydrogens (tertiary/aromatic N) is 1. The Morgan fingerprint density at radius 2 is 1.73 bits per heavy atom. The van der Waals surface area contributed by atoms with Crippen molar-refractivity contribution in [2.24, 2.45) is 11.3 Å². The summed E-state index contributed by atoms with van der Waals surface area (Å²) in [6, 6.07) is 0. The van der Waals surface area contributed by atoms with Gasteiger partial charge in [0.15, 0.2) is 0 Å². The van der Waals surface area contributed by atoms with Crippen LogP contribution in [0.2, 0.25) is 0 Å². The molecule has 0 spiro atoms. The van der Waals surface area contributed by atoms with Crippen molar-refractivity contribution >= 4 is 0 Å². The summed E-state index contributed by atoms with van der Waals surface area (Å²) in [5.74, 6) is 0.734. The minimum Gasteiger partial charge on any atom is -0.381 e. The first-order valence-electron chi connectivity index (χ1n) is 9.10. The van der Waals surface area contributed by atoms with Crippen molar-refractivity contribution in [3.05, 3.63) is 0 Å². The second-order valence-corrected chi connectivity index (χ2v) is 9.01. The van der Waals surface area contributed by atoms with E-state index in [9.17, 15) is 0 Å². The third-order valence-corrected chi connectivity index (χ3v) is 4.09. The topological polar surface area (TPSA) is 21.7 Å². The lowest BCUT2D eigenvalue weighted by Gasteiger charge is -2.21. The first-order valence-corrected chi connectivity index (χ1v) is 9.10. The summed E-state index contributed by atoms with van der Waals surface area (Å²) in [6.07, 6.45) is 4.86. The number of rotatable bonds is 9. The summed E-state index contributed by atoms with van der Waals surface area (Å²) in [6.45, 7) is 19.6. The molecule has 1 rings (SSSR count). The minimum atomic E-state index is -0.00552. The average Bonchev–Trinajstić information content (AvgIpc) is 2.80. The summed E-state index contributed by atoms with van der Waals surface area (Å²) >= 11 is 0. The van der Waals surface area contributed by atoms with E-state index in [-0.39, 0.29) is 5.60 Å². The van der Waals surface area contributed by atoms with E-state index in [0.717, 1.165) is 38.7 Å². The van der Waals surface area contributed by atoms with E-state index in [2.05, 4.69) is 46.4 Å². The van der Waals surface area contributed by atoms with E-state index in [0.29, 0.717) is 5.41 Å². The maximum absolute atomic E-state index is 5.88. The lowest BCUT2D eigenvalue weighted by atomic mass is 9.91. The Morgan fingerprint density at radius 3 is 2.36 bits per heavy atom. The highest BCUT2D eigenvalue weighted by Crippen LogP contribution is 2.21. The van der Waals surface area contributed by atoms with Crippen LogP contribution >= 0.6 is 0 Å². The van der Waals surface area contributed by atoms with Gasteiger partial charge in [0.1, 0.15) is 0 Å². The molecular weight excluding hydrogens is 274 g/mol. The van der Waals surface area contributed by atoms with E-state index in [4.69, 9.17) is 9.47 Å². The Balaban J connectivity index is 1.99. The minimum absolute atomic E-state index is 0.00552. The summed E-state index contributed by atoms with van der Waals surface area (Å²) in [5, 5.41) is 0. The average molecular weight is 314 g/mol. The number of hydrogen-bond acceptors (Lipinski definition) is 3. The standard InChI is InChI=1S/C19H39NO2/c1-18(2,3)10-7-13-21-16-17-9-12-20(15-17)11-8-14-22-19(4,5)6/h17H,7-16H2,1-6H3. The SMILES string of the molecule is CC(C)(C)CCCOCC1CCN(CCCOC(C)(C)C)C1. The van der Waals surface area contributed by atoms with Crippen molar-refractivity contribution in [3.8, 4) is 0 Å². The van der Waals surface area contributed by atoms with Crippen LogP contribution < -0.4 is 0 Å². The van der Waals surface area contributed by atoms with Crippen LogP contribution in [0.5, 0.6) is 0 Å². The van der Waals surface area contributed by atoms with E-state index in [1.165, 1.54) is 32.4 Å². The molecule has 0 aromatic carbocycles. The fraction of sp³-hybridized carbons (Fsp3) is 1.00. The molecule has 0 amide bonds. The molecule has 0 saturated carbocycles. The van der Waals surface area contributed by atoms with Crippen LogP contribution in [0, 0.1) is 11.3 Å². The molecule has 0 bridgehead atoms. The van der Waals surface area contributed by atoms with Crippen LogP contribution in [-0.4, -0.2) is 50.0 Å². The van der Waals surface area contributed by atoms with Gasteiger partial charge in [-0.2, -0.15) is 0 Å². The fourth-order valence-corrected chi connectivity index (χ4v) is 2.87. The lowest BCUT2D eigenvalue weighted by molar-refractivity contribution is -0.00653.